The minimum atomic E-state index is -0.166. The molecule has 0 spiro atoms. The summed E-state index contributed by atoms with van der Waals surface area (Å²) in [5, 5.41) is 0. The van der Waals surface area contributed by atoms with Gasteiger partial charge in [-0.3, -0.25) is 0 Å². The topological polar surface area (TPSA) is 27.7 Å². The van der Waals surface area contributed by atoms with Gasteiger partial charge >= 0.3 is 0 Å². The number of hydrogen-bond acceptors (Lipinski definition) is 3. The lowest BCUT2D eigenvalue weighted by molar-refractivity contribution is -0.196. The van der Waals surface area contributed by atoms with Gasteiger partial charge in [0.1, 0.15) is 0 Å². The van der Waals surface area contributed by atoms with Gasteiger partial charge in [0.25, 0.3) is 0 Å². The third-order valence-electron chi connectivity index (χ3n) is 4.31. The van der Waals surface area contributed by atoms with Gasteiger partial charge in [-0.15, -0.1) is 0 Å². The molecule has 0 saturated carbocycles. The maximum Gasteiger partial charge on any atom is 0.155 e. The summed E-state index contributed by atoms with van der Waals surface area (Å²) >= 11 is 0. The Balaban J connectivity index is 3.21. The molecule has 23 heavy (non-hydrogen) atoms. The Morgan fingerprint density at radius 3 is 1.87 bits per heavy atom. The molecule has 0 aromatic heterocycles. The zero-order valence-corrected chi connectivity index (χ0v) is 16.5. The number of ether oxygens (including phenoxy) is 3. The first-order chi connectivity index (χ1) is 11.0. The Labute approximate surface area is 145 Å². The van der Waals surface area contributed by atoms with Crippen LogP contribution in [0.3, 0.4) is 0 Å². The van der Waals surface area contributed by atoms with Crippen molar-refractivity contribution in [2.75, 3.05) is 19.8 Å². The summed E-state index contributed by atoms with van der Waals surface area (Å²) in [6, 6.07) is 0. The van der Waals surface area contributed by atoms with Gasteiger partial charge in [0.2, 0.25) is 0 Å². The fourth-order valence-corrected chi connectivity index (χ4v) is 2.46. The normalized spacial score (nSPS) is 13.4. The highest BCUT2D eigenvalue weighted by Gasteiger charge is 2.19. The van der Waals surface area contributed by atoms with Crippen molar-refractivity contribution < 1.29 is 14.2 Å². The van der Waals surface area contributed by atoms with E-state index < -0.39 is 0 Å². The van der Waals surface area contributed by atoms with E-state index in [1.807, 2.05) is 6.92 Å². The minimum absolute atomic E-state index is 0.114. The van der Waals surface area contributed by atoms with E-state index in [1.54, 1.807) is 0 Å². The third-order valence-corrected chi connectivity index (χ3v) is 4.31. The molecule has 3 heteroatoms. The van der Waals surface area contributed by atoms with Crippen LogP contribution in [0.15, 0.2) is 0 Å². The number of unbranched alkanes of at least 4 members (excludes halogenated alkanes) is 8. The summed E-state index contributed by atoms with van der Waals surface area (Å²) in [4.78, 5) is 0. The van der Waals surface area contributed by atoms with Crippen LogP contribution >= 0.6 is 0 Å². The van der Waals surface area contributed by atoms with E-state index >= 15 is 0 Å². The van der Waals surface area contributed by atoms with Crippen molar-refractivity contribution in [1.82, 2.24) is 0 Å². The molecule has 3 nitrogen and oxygen atoms in total. The first-order valence-corrected chi connectivity index (χ1v) is 9.89. The van der Waals surface area contributed by atoms with E-state index in [0.717, 1.165) is 13.0 Å². The van der Waals surface area contributed by atoms with Crippen LogP contribution in [0.25, 0.3) is 0 Å². The maximum absolute atomic E-state index is 5.82. The number of hydrogen-bond donors (Lipinski definition) is 0. The van der Waals surface area contributed by atoms with E-state index in [2.05, 4.69) is 27.7 Å². The summed E-state index contributed by atoms with van der Waals surface area (Å²) in [6.45, 7) is 12.7. The Hall–Kier alpha value is -0.120. The van der Waals surface area contributed by atoms with Gasteiger partial charge in [0.15, 0.2) is 6.29 Å². The Bertz CT molecular complexity index is 241. The molecule has 1 unspecified atom stereocenters. The Morgan fingerprint density at radius 1 is 0.739 bits per heavy atom. The Kier molecular flexibility index (Phi) is 15.3. The van der Waals surface area contributed by atoms with Crippen LogP contribution in [0.5, 0.6) is 0 Å². The standard InChI is InChI=1S/C20H42O3/c1-6-8-9-10-11-12-13-14-15-16-21-17-18-22-19(3)23-20(4,5)7-2/h19H,6-18H2,1-5H3. The van der Waals surface area contributed by atoms with Crippen LogP contribution in [0.1, 0.15) is 98.8 Å². The van der Waals surface area contributed by atoms with Crippen LogP contribution in [0.4, 0.5) is 0 Å². The van der Waals surface area contributed by atoms with Gasteiger partial charge in [-0.2, -0.15) is 0 Å². The molecule has 0 rings (SSSR count). The molecule has 0 aliphatic carbocycles. The molecule has 0 heterocycles. The highest BCUT2D eigenvalue weighted by atomic mass is 16.7. The first-order valence-electron chi connectivity index (χ1n) is 9.89. The highest BCUT2D eigenvalue weighted by molar-refractivity contribution is 4.65. The SMILES string of the molecule is CCCCCCCCCCCOCCOC(C)OC(C)(C)CC. The quantitative estimate of drug-likeness (QED) is 0.238. The average Bonchev–Trinajstić information content (AvgIpc) is 2.51. The average molecular weight is 331 g/mol. The summed E-state index contributed by atoms with van der Waals surface area (Å²) in [6.07, 6.45) is 13.0. The molecule has 0 saturated heterocycles. The largest absolute Gasteiger partial charge is 0.379 e. The minimum Gasteiger partial charge on any atom is -0.379 e. The molecule has 0 amide bonds. The fourth-order valence-electron chi connectivity index (χ4n) is 2.46. The lowest BCUT2D eigenvalue weighted by Crippen LogP contribution is -2.30. The summed E-state index contributed by atoms with van der Waals surface area (Å²) in [5.74, 6) is 0. The summed E-state index contributed by atoms with van der Waals surface area (Å²) in [7, 11) is 0. The van der Waals surface area contributed by atoms with Crippen LogP contribution < -0.4 is 0 Å². The molecule has 0 fully saturated rings. The molecule has 0 bridgehead atoms. The van der Waals surface area contributed by atoms with Crippen molar-refractivity contribution >= 4 is 0 Å². The molecule has 0 aliphatic heterocycles. The lowest BCUT2D eigenvalue weighted by Gasteiger charge is -2.27. The van der Waals surface area contributed by atoms with Crippen molar-refractivity contribution in [2.24, 2.45) is 0 Å². The second-order valence-electron chi connectivity index (χ2n) is 7.11. The maximum atomic E-state index is 5.82. The van der Waals surface area contributed by atoms with Gasteiger partial charge in [-0.05, 0) is 33.6 Å². The molecule has 1 atom stereocenters. The monoisotopic (exact) mass is 330 g/mol. The van der Waals surface area contributed by atoms with Gasteiger partial charge < -0.3 is 14.2 Å². The highest BCUT2D eigenvalue weighted by Crippen LogP contribution is 2.16. The van der Waals surface area contributed by atoms with E-state index in [4.69, 9.17) is 14.2 Å². The van der Waals surface area contributed by atoms with Crippen molar-refractivity contribution in [1.29, 1.82) is 0 Å². The van der Waals surface area contributed by atoms with Crippen LogP contribution in [0.2, 0.25) is 0 Å². The third kappa shape index (κ3) is 16.5. The van der Waals surface area contributed by atoms with Gasteiger partial charge in [-0.1, -0.05) is 65.2 Å². The molecule has 0 aromatic carbocycles. The van der Waals surface area contributed by atoms with E-state index in [1.165, 1.54) is 57.8 Å². The zero-order valence-electron chi connectivity index (χ0n) is 16.5. The molecule has 140 valence electrons. The second kappa shape index (κ2) is 15.4. The van der Waals surface area contributed by atoms with E-state index in [0.29, 0.717) is 13.2 Å². The zero-order chi connectivity index (χ0) is 17.4. The van der Waals surface area contributed by atoms with E-state index in [-0.39, 0.29) is 11.9 Å². The van der Waals surface area contributed by atoms with Crippen LogP contribution in [-0.2, 0) is 14.2 Å². The Morgan fingerprint density at radius 2 is 1.30 bits per heavy atom. The number of rotatable bonds is 17. The molecular weight excluding hydrogens is 288 g/mol. The van der Waals surface area contributed by atoms with Crippen molar-refractivity contribution in [3.05, 3.63) is 0 Å². The fraction of sp³-hybridized carbons (Fsp3) is 1.00. The molecule has 0 aromatic rings. The predicted octanol–water partition coefficient (Wildman–Crippen LogP) is 6.10. The van der Waals surface area contributed by atoms with Crippen LogP contribution in [-0.4, -0.2) is 31.7 Å². The van der Waals surface area contributed by atoms with Crippen molar-refractivity contribution in [3.8, 4) is 0 Å². The van der Waals surface area contributed by atoms with Crippen molar-refractivity contribution in [2.45, 2.75) is 111 Å². The summed E-state index contributed by atoms with van der Waals surface area (Å²) in [5.41, 5.74) is -0.114. The van der Waals surface area contributed by atoms with Crippen LogP contribution in [0, 0.1) is 0 Å². The van der Waals surface area contributed by atoms with Gasteiger partial charge in [-0.25, -0.2) is 0 Å². The molecule has 0 radical (unpaired) electrons. The second-order valence-corrected chi connectivity index (χ2v) is 7.11. The van der Waals surface area contributed by atoms with Gasteiger partial charge in [0, 0.05) is 6.61 Å². The van der Waals surface area contributed by atoms with Gasteiger partial charge in [0.05, 0.1) is 18.8 Å². The first kappa shape index (κ1) is 22.9. The smallest absolute Gasteiger partial charge is 0.155 e. The summed E-state index contributed by atoms with van der Waals surface area (Å²) < 4.78 is 17.1. The molecule has 0 aliphatic rings. The van der Waals surface area contributed by atoms with E-state index in [9.17, 15) is 0 Å². The van der Waals surface area contributed by atoms with Crippen molar-refractivity contribution in [3.63, 3.8) is 0 Å². The lowest BCUT2D eigenvalue weighted by atomic mass is 10.1. The molecule has 0 N–H and O–H groups in total. The predicted molar refractivity (Wildman–Crippen MR) is 98.9 cm³/mol. The molecular formula is C20H42O3.